The predicted molar refractivity (Wildman–Crippen MR) is 60.7 cm³/mol. The van der Waals surface area contributed by atoms with Crippen LogP contribution in [0.25, 0.3) is 0 Å². The molecule has 18 heavy (non-hydrogen) atoms. The Bertz CT molecular complexity index is 413. The Morgan fingerprint density at radius 3 is 2.72 bits per heavy atom. The largest absolute Gasteiger partial charge is 0.472 e. The monoisotopic (exact) mass is 254 g/mol. The van der Waals surface area contributed by atoms with Crippen LogP contribution in [-0.4, -0.2) is 38.0 Å². The summed E-state index contributed by atoms with van der Waals surface area (Å²) in [7, 11) is 1.24. The smallest absolute Gasteiger partial charge is 0.325 e. The summed E-state index contributed by atoms with van der Waals surface area (Å²) in [6.45, 7) is 0.00201. The first-order chi connectivity index (χ1) is 8.63. The first kappa shape index (κ1) is 13.8. The van der Waals surface area contributed by atoms with Gasteiger partial charge in [-0.2, -0.15) is 0 Å². The second kappa shape index (κ2) is 7.10. The molecule has 7 heteroatoms. The number of methoxy groups -OCH3 is 1. The fourth-order valence-electron chi connectivity index (χ4n) is 1.12. The molecule has 0 radical (unpaired) electrons. The molecule has 1 aromatic heterocycles. The molecule has 0 spiro atoms. The topological polar surface area (TPSA) is 97.6 Å². The summed E-state index contributed by atoms with van der Waals surface area (Å²) in [6.07, 6.45) is 2.78. The molecule has 0 saturated heterocycles. The van der Waals surface area contributed by atoms with Gasteiger partial charge in [0.05, 0.1) is 18.9 Å². The van der Waals surface area contributed by atoms with E-state index in [-0.39, 0.29) is 31.3 Å². The van der Waals surface area contributed by atoms with E-state index < -0.39 is 5.97 Å². The third-order valence-corrected chi connectivity index (χ3v) is 2.08. The van der Waals surface area contributed by atoms with Crippen molar-refractivity contribution in [2.24, 2.45) is 0 Å². The Balaban J connectivity index is 2.16. The van der Waals surface area contributed by atoms with Gasteiger partial charge in [-0.3, -0.25) is 14.4 Å². The number of carbonyl (C=O) groups excluding carboxylic acids is 3. The average molecular weight is 254 g/mol. The van der Waals surface area contributed by atoms with Gasteiger partial charge in [0.15, 0.2) is 0 Å². The Kier molecular flexibility index (Phi) is 5.43. The van der Waals surface area contributed by atoms with Crippen molar-refractivity contribution in [3.05, 3.63) is 24.2 Å². The molecule has 7 nitrogen and oxygen atoms in total. The quantitative estimate of drug-likeness (QED) is 0.678. The van der Waals surface area contributed by atoms with Crippen molar-refractivity contribution in [2.75, 3.05) is 20.2 Å². The van der Waals surface area contributed by atoms with Crippen LogP contribution in [0.15, 0.2) is 23.0 Å². The summed E-state index contributed by atoms with van der Waals surface area (Å²) >= 11 is 0. The second-order valence-corrected chi connectivity index (χ2v) is 3.37. The van der Waals surface area contributed by atoms with Gasteiger partial charge in [0.25, 0.3) is 5.91 Å². The van der Waals surface area contributed by atoms with Gasteiger partial charge in [-0.05, 0) is 6.07 Å². The van der Waals surface area contributed by atoms with Crippen LogP contribution in [0.1, 0.15) is 16.8 Å². The van der Waals surface area contributed by atoms with Gasteiger partial charge in [-0.15, -0.1) is 0 Å². The SMILES string of the molecule is COC(=O)CNC(=O)CCNC(=O)c1ccoc1. The lowest BCUT2D eigenvalue weighted by atomic mass is 10.3. The molecule has 1 rings (SSSR count). The maximum Gasteiger partial charge on any atom is 0.325 e. The van der Waals surface area contributed by atoms with Crippen LogP contribution in [0.5, 0.6) is 0 Å². The van der Waals surface area contributed by atoms with Gasteiger partial charge in [0.2, 0.25) is 5.91 Å². The van der Waals surface area contributed by atoms with Gasteiger partial charge in [-0.25, -0.2) is 0 Å². The first-order valence-electron chi connectivity index (χ1n) is 5.27. The van der Waals surface area contributed by atoms with Crippen molar-refractivity contribution in [2.45, 2.75) is 6.42 Å². The number of hydrogen-bond acceptors (Lipinski definition) is 5. The molecule has 0 aliphatic heterocycles. The molecule has 2 N–H and O–H groups in total. The summed E-state index contributed by atoms with van der Waals surface area (Å²) < 4.78 is 9.11. The van der Waals surface area contributed by atoms with E-state index in [4.69, 9.17) is 4.42 Å². The number of nitrogens with one attached hydrogen (secondary N) is 2. The molecule has 1 heterocycles. The van der Waals surface area contributed by atoms with Gasteiger partial charge in [0.1, 0.15) is 12.8 Å². The molecular formula is C11H14N2O5. The van der Waals surface area contributed by atoms with Crippen molar-refractivity contribution in [3.63, 3.8) is 0 Å². The Morgan fingerprint density at radius 2 is 2.11 bits per heavy atom. The predicted octanol–water partition coefficient (Wildman–Crippen LogP) is -0.311. The zero-order valence-corrected chi connectivity index (χ0v) is 9.89. The highest BCUT2D eigenvalue weighted by molar-refractivity contribution is 5.94. The molecule has 2 amide bonds. The van der Waals surface area contributed by atoms with E-state index in [2.05, 4.69) is 15.4 Å². The Labute approximate surface area is 103 Å². The molecule has 0 bridgehead atoms. The summed E-state index contributed by atoms with van der Waals surface area (Å²) in [5.41, 5.74) is 0.393. The molecule has 0 aromatic carbocycles. The van der Waals surface area contributed by atoms with Crippen molar-refractivity contribution in [3.8, 4) is 0 Å². The fraction of sp³-hybridized carbons (Fsp3) is 0.364. The van der Waals surface area contributed by atoms with Crippen LogP contribution >= 0.6 is 0 Å². The lowest BCUT2D eigenvalue weighted by molar-refractivity contribution is -0.141. The highest BCUT2D eigenvalue weighted by Crippen LogP contribution is 1.98. The molecule has 0 aliphatic carbocycles. The standard InChI is InChI=1S/C11H14N2O5/c1-17-10(15)6-13-9(14)2-4-12-11(16)8-3-5-18-7-8/h3,5,7H,2,4,6H2,1H3,(H,12,16)(H,13,14). The molecule has 0 saturated carbocycles. The van der Waals surface area contributed by atoms with Gasteiger partial charge in [-0.1, -0.05) is 0 Å². The highest BCUT2D eigenvalue weighted by Gasteiger charge is 2.08. The average Bonchev–Trinajstić information content (AvgIpc) is 2.89. The number of furan rings is 1. The van der Waals surface area contributed by atoms with E-state index in [9.17, 15) is 14.4 Å². The third kappa shape index (κ3) is 4.69. The Hall–Kier alpha value is -2.31. The van der Waals surface area contributed by atoms with Crippen LogP contribution in [0.3, 0.4) is 0 Å². The highest BCUT2D eigenvalue weighted by atomic mass is 16.5. The van der Waals surface area contributed by atoms with Crippen LogP contribution in [0.4, 0.5) is 0 Å². The molecule has 1 aromatic rings. The van der Waals surface area contributed by atoms with E-state index in [1.54, 1.807) is 0 Å². The van der Waals surface area contributed by atoms with Crippen LogP contribution in [0.2, 0.25) is 0 Å². The molecule has 0 atom stereocenters. The minimum Gasteiger partial charge on any atom is -0.472 e. The second-order valence-electron chi connectivity index (χ2n) is 3.37. The van der Waals surface area contributed by atoms with Gasteiger partial charge < -0.3 is 19.8 Å². The zero-order chi connectivity index (χ0) is 13.4. The van der Waals surface area contributed by atoms with Crippen molar-refractivity contribution >= 4 is 17.8 Å². The van der Waals surface area contributed by atoms with E-state index in [0.29, 0.717) is 5.56 Å². The summed E-state index contributed by atoms with van der Waals surface area (Å²) in [4.78, 5) is 33.4. The number of amides is 2. The van der Waals surface area contributed by atoms with Crippen molar-refractivity contribution < 1.29 is 23.5 Å². The van der Waals surface area contributed by atoms with E-state index in [1.165, 1.54) is 25.7 Å². The minimum absolute atomic E-state index is 0.0839. The molecule has 0 aliphatic rings. The maximum absolute atomic E-state index is 11.4. The van der Waals surface area contributed by atoms with E-state index in [0.717, 1.165) is 0 Å². The van der Waals surface area contributed by atoms with Gasteiger partial charge in [0, 0.05) is 13.0 Å². The van der Waals surface area contributed by atoms with E-state index >= 15 is 0 Å². The minimum atomic E-state index is -0.522. The number of rotatable bonds is 6. The maximum atomic E-state index is 11.4. The van der Waals surface area contributed by atoms with Gasteiger partial charge >= 0.3 is 5.97 Å². The van der Waals surface area contributed by atoms with Crippen molar-refractivity contribution in [1.82, 2.24) is 10.6 Å². The fourth-order valence-corrected chi connectivity index (χ4v) is 1.12. The summed E-state index contributed by atoms with van der Waals surface area (Å²) in [6, 6.07) is 1.52. The van der Waals surface area contributed by atoms with Crippen LogP contribution < -0.4 is 10.6 Å². The third-order valence-electron chi connectivity index (χ3n) is 2.08. The lowest BCUT2D eigenvalue weighted by Crippen LogP contribution is -2.33. The normalized spacial score (nSPS) is 9.61. The summed E-state index contributed by atoms with van der Waals surface area (Å²) in [5, 5.41) is 4.90. The summed E-state index contributed by atoms with van der Waals surface area (Å²) in [5.74, 6) is -1.18. The van der Waals surface area contributed by atoms with Crippen molar-refractivity contribution in [1.29, 1.82) is 0 Å². The first-order valence-corrected chi connectivity index (χ1v) is 5.27. The van der Waals surface area contributed by atoms with E-state index in [1.807, 2.05) is 0 Å². The number of hydrogen-bond donors (Lipinski definition) is 2. The molecule has 0 unspecified atom stereocenters. The zero-order valence-electron chi connectivity index (χ0n) is 9.89. The molecular weight excluding hydrogens is 240 g/mol. The van der Waals surface area contributed by atoms with Crippen LogP contribution in [-0.2, 0) is 14.3 Å². The Morgan fingerprint density at radius 1 is 1.33 bits per heavy atom. The molecule has 98 valence electrons. The number of esters is 1. The lowest BCUT2D eigenvalue weighted by Gasteiger charge is -2.04. The number of carbonyl (C=O) groups is 3. The number of ether oxygens (including phenoxy) is 1. The van der Waals surface area contributed by atoms with Crippen LogP contribution in [0, 0.1) is 0 Å². The molecule has 0 fully saturated rings.